The molecule has 108 valence electrons. The first-order valence-electron chi connectivity index (χ1n) is 6.23. The van der Waals surface area contributed by atoms with Crippen LogP contribution in [0.25, 0.3) is 0 Å². The van der Waals surface area contributed by atoms with Gasteiger partial charge in [-0.2, -0.15) is 0 Å². The maximum atomic E-state index is 12.0. The van der Waals surface area contributed by atoms with Crippen molar-refractivity contribution in [2.24, 2.45) is 0 Å². The number of hydrogen-bond acceptors (Lipinski definition) is 4. The van der Waals surface area contributed by atoms with Crippen molar-refractivity contribution >= 4 is 24.0 Å². The molecule has 0 fully saturated rings. The van der Waals surface area contributed by atoms with Crippen LogP contribution in [0.3, 0.4) is 0 Å². The van der Waals surface area contributed by atoms with Crippen LogP contribution in [0.4, 0.5) is 5.69 Å². The third-order valence-electron chi connectivity index (χ3n) is 2.62. The number of likely N-dealkylation sites (N-methyl/N-ethyl adjacent to an activating group) is 1. The van der Waals surface area contributed by atoms with Crippen molar-refractivity contribution in [3.8, 4) is 0 Å². The molecule has 1 amide bonds. The number of ether oxygens (including phenoxy) is 1. The van der Waals surface area contributed by atoms with E-state index in [0.717, 1.165) is 5.69 Å². The molecule has 0 unspecified atom stereocenters. The Balaban J connectivity index is 0.00000324. The van der Waals surface area contributed by atoms with Crippen molar-refractivity contribution in [2.75, 3.05) is 32.0 Å². The first-order chi connectivity index (χ1) is 8.67. The third kappa shape index (κ3) is 6.40. The summed E-state index contributed by atoms with van der Waals surface area (Å²) < 4.78 is 5.26. The highest BCUT2D eigenvalue weighted by atomic mass is 35.5. The first kappa shape index (κ1) is 17.7. The average molecular weight is 288 g/mol. The molecule has 0 atom stereocenters. The number of carbonyl (C=O) groups is 1. The van der Waals surface area contributed by atoms with E-state index in [9.17, 15) is 4.79 Å². The molecule has 0 bridgehead atoms. The molecule has 1 heterocycles. The average Bonchev–Trinajstić information content (AvgIpc) is 2.37. The summed E-state index contributed by atoms with van der Waals surface area (Å²) in [5.41, 5.74) is 6.90. The van der Waals surface area contributed by atoms with E-state index in [0.29, 0.717) is 38.4 Å². The molecule has 1 rings (SSSR count). The minimum Gasteiger partial charge on any atom is -0.397 e. The standard InChI is InChI=1S/C13H21N3O2.ClH/c1-3-16(7-8-18-4-2)13(17)9-12-6-5-11(14)10-15-12;/h5-6,10H,3-4,7-9,14H2,1-2H3;1H. The van der Waals surface area contributed by atoms with Gasteiger partial charge in [0.1, 0.15) is 0 Å². The summed E-state index contributed by atoms with van der Waals surface area (Å²) in [4.78, 5) is 17.9. The van der Waals surface area contributed by atoms with Crippen LogP contribution in [0.5, 0.6) is 0 Å². The van der Waals surface area contributed by atoms with E-state index in [-0.39, 0.29) is 18.3 Å². The van der Waals surface area contributed by atoms with Gasteiger partial charge in [0, 0.05) is 25.4 Å². The highest BCUT2D eigenvalue weighted by Crippen LogP contribution is 2.04. The summed E-state index contributed by atoms with van der Waals surface area (Å²) in [7, 11) is 0. The maximum Gasteiger partial charge on any atom is 0.228 e. The van der Waals surface area contributed by atoms with E-state index < -0.39 is 0 Å². The number of halogens is 1. The van der Waals surface area contributed by atoms with Crippen LogP contribution in [0.1, 0.15) is 19.5 Å². The molecule has 0 aliphatic carbocycles. The Labute approximate surface area is 120 Å². The van der Waals surface area contributed by atoms with E-state index >= 15 is 0 Å². The summed E-state index contributed by atoms with van der Waals surface area (Å²) in [6.07, 6.45) is 1.87. The highest BCUT2D eigenvalue weighted by Gasteiger charge is 2.12. The minimum atomic E-state index is 0. The predicted octanol–water partition coefficient (Wildman–Crippen LogP) is 1.51. The molecule has 0 aliphatic heterocycles. The van der Waals surface area contributed by atoms with E-state index in [1.54, 1.807) is 23.2 Å². The smallest absolute Gasteiger partial charge is 0.228 e. The quantitative estimate of drug-likeness (QED) is 0.772. The zero-order valence-electron chi connectivity index (χ0n) is 11.5. The molecule has 0 aliphatic rings. The molecular formula is C13H22ClN3O2. The van der Waals surface area contributed by atoms with Gasteiger partial charge in [0.2, 0.25) is 5.91 Å². The lowest BCUT2D eigenvalue weighted by Gasteiger charge is -2.20. The molecule has 5 nitrogen and oxygen atoms in total. The summed E-state index contributed by atoms with van der Waals surface area (Å²) in [5, 5.41) is 0. The number of nitrogens with zero attached hydrogens (tertiary/aromatic N) is 2. The summed E-state index contributed by atoms with van der Waals surface area (Å²) in [5.74, 6) is 0.0643. The third-order valence-corrected chi connectivity index (χ3v) is 2.62. The van der Waals surface area contributed by atoms with Gasteiger partial charge in [-0.05, 0) is 26.0 Å². The lowest BCUT2D eigenvalue weighted by molar-refractivity contribution is -0.131. The van der Waals surface area contributed by atoms with Gasteiger partial charge < -0.3 is 15.4 Å². The Morgan fingerprint density at radius 2 is 2.16 bits per heavy atom. The van der Waals surface area contributed by atoms with Crippen molar-refractivity contribution in [1.82, 2.24) is 9.88 Å². The molecule has 0 aromatic carbocycles. The van der Waals surface area contributed by atoms with Gasteiger partial charge in [-0.15, -0.1) is 12.4 Å². The summed E-state index contributed by atoms with van der Waals surface area (Å²) in [6, 6.07) is 3.54. The van der Waals surface area contributed by atoms with Crippen molar-refractivity contribution in [1.29, 1.82) is 0 Å². The number of rotatable bonds is 7. The molecule has 0 spiro atoms. The van der Waals surface area contributed by atoms with Crippen molar-refractivity contribution in [2.45, 2.75) is 20.3 Å². The van der Waals surface area contributed by atoms with Gasteiger partial charge in [0.15, 0.2) is 0 Å². The zero-order valence-corrected chi connectivity index (χ0v) is 12.3. The van der Waals surface area contributed by atoms with Crippen LogP contribution < -0.4 is 5.73 Å². The van der Waals surface area contributed by atoms with Gasteiger partial charge >= 0.3 is 0 Å². The zero-order chi connectivity index (χ0) is 13.4. The van der Waals surface area contributed by atoms with Crippen molar-refractivity contribution < 1.29 is 9.53 Å². The van der Waals surface area contributed by atoms with Crippen LogP contribution in [-0.2, 0) is 16.0 Å². The molecule has 0 saturated carbocycles. The predicted molar refractivity (Wildman–Crippen MR) is 78.3 cm³/mol. The monoisotopic (exact) mass is 287 g/mol. The summed E-state index contributed by atoms with van der Waals surface area (Å²) >= 11 is 0. The number of anilines is 1. The van der Waals surface area contributed by atoms with Crippen LogP contribution in [0.15, 0.2) is 18.3 Å². The Kier molecular flexibility index (Phi) is 8.91. The molecule has 2 N–H and O–H groups in total. The lowest BCUT2D eigenvalue weighted by Crippen LogP contribution is -2.35. The van der Waals surface area contributed by atoms with E-state index in [1.165, 1.54) is 0 Å². The molecule has 19 heavy (non-hydrogen) atoms. The number of pyridine rings is 1. The molecule has 1 aromatic rings. The van der Waals surface area contributed by atoms with Gasteiger partial charge in [0.25, 0.3) is 0 Å². The van der Waals surface area contributed by atoms with Gasteiger partial charge in [-0.1, -0.05) is 0 Å². The second-order valence-corrected chi connectivity index (χ2v) is 3.93. The van der Waals surface area contributed by atoms with Gasteiger partial charge in [-0.3, -0.25) is 9.78 Å². The largest absolute Gasteiger partial charge is 0.397 e. The minimum absolute atomic E-state index is 0. The fourth-order valence-electron chi connectivity index (χ4n) is 1.59. The fraction of sp³-hybridized carbons (Fsp3) is 0.538. The molecule has 0 saturated heterocycles. The molecular weight excluding hydrogens is 266 g/mol. The number of nitrogens with two attached hydrogens (primary N) is 1. The van der Waals surface area contributed by atoms with Crippen molar-refractivity contribution in [3.63, 3.8) is 0 Å². The Morgan fingerprint density at radius 1 is 1.42 bits per heavy atom. The van der Waals surface area contributed by atoms with Crippen LogP contribution in [0, 0.1) is 0 Å². The fourth-order valence-corrected chi connectivity index (χ4v) is 1.59. The van der Waals surface area contributed by atoms with E-state index in [1.807, 2.05) is 13.8 Å². The molecule has 0 radical (unpaired) electrons. The number of hydrogen-bond donors (Lipinski definition) is 1. The normalized spacial score (nSPS) is 9.79. The van der Waals surface area contributed by atoms with Gasteiger partial charge in [0.05, 0.1) is 24.9 Å². The van der Waals surface area contributed by atoms with Crippen LogP contribution in [-0.4, -0.2) is 42.1 Å². The lowest BCUT2D eigenvalue weighted by atomic mass is 10.2. The van der Waals surface area contributed by atoms with E-state index in [2.05, 4.69) is 4.98 Å². The summed E-state index contributed by atoms with van der Waals surface area (Å²) in [6.45, 7) is 6.45. The molecule has 1 aromatic heterocycles. The Bertz CT molecular complexity index is 371. The highest BCUT2D eigenvalue weighted by molar-refractivity contribution is 5.85. The first-order valence-corrected chi connectivity index (χ1v) is 6.23. The number of aromatic nitrogens is 1. The topological polar surface area (TPSA) is 68.5 Å². The SMILES string of the molecule is CCOCCN(CC)C(=O)Cc1ccc(N)cn1.Cl. The maximum absolute atomic E-state index is 12.0. The molecule has 6 heteroatoms. The number of nitrogen functional groups attached to an aromatic ring is 1. The second kappa shape index (κ2) is 9.58. The Hall–Kier alpha value is -1.33. The van der Waals surface area contributed by atoms with Crippen LogP contribution in [0.2, 0.25) is 0 Å². The second-order valence-electron chi connectivity index (χ2n) is 3.93. The van der Waals surface area contributed by atoms with E-state index in [4.69, 9.17) is 10.5 Å². The number of amides is 1. The van der Waals surface area contributed by atoms with Gasteiger partial charge in [-0.25, -0.2) is 0 Å². The van der Waals surface area contributed by atoms with Crippen LogP contribution >= 0.6 is 12.4 Å². The number of carbonyl (C=O) groups excluding carboxylic acids is 1. The Morgan fingerprint density at radius 3 is 2.68 bits per heavy atom. The van der Waals surface area contributed by atoms with Crippen molar-refractivity contribution in [3.05, 3.63) is 24.0 Å².